The molecule has 1 saturated heterocycles. The van der Waals surface area contributed by atoms with Crippen LogP contribution in [0.3, 0.4) is 0 Å². The summed E-state index contributed by atoms with van der Waals surface area (Å²) in [6, 6.07) is 0. The van der Waals surface area contributed by atoms with Crippen LogP contribution in [0.4, 0.5) is 0 Å². The second-order valence-corrected chi connectivity index (χ2v) is 7.66. The minimum absolute atomic E-state index is 0.186. The second kappa shape index (κ2) is 7.49. The number of methoxy groups -OCH3 is 1. The van der Waals surface area contributed by atoms with Gasteiger partial charge in [0.25, 0.3) is 0 Å². The lowest BCUT2D eigenvalue weighted by Gasteiger charge is -2.48. The predicted molar refractivity (Wildman–Crippen MR) is 89.4 cm³/mol. The van der Waals surface area contributed by atoms with Gasteiger partial charge in [0.2, 0.25) is 5.91 Å². The SMILES string of the molecule is COCC1(CNC(=O)C2(N3CCOCC3)CCCCC2)CCC1. The molecule has 0 aromatic heterocycles. The molecule has 1 aliphatic heterocycles. The standard InChI is InChI=1S/C18H32N2O3/c1-22-15-17(6-5-7-17)14-19-16(21)18(8-3-2-4-9-18)20-10-12-23-13-11-20/h2-15H2,1H3,(H,19,21). The lowest BCUT2D eigenvalue weighted by Crippen LogP contribution is -2.63. The Morgan fingerprint density at radius 2 is 1.78 bits per heavy atom. The van der Waals surface area contributed by atoms with Gasteiger partial charge >= 0.3 is 0 Å². The molecule has 3 aliphatic rings. The number of hydrogen-bond acceptors (Lipinski definition) is 4. The lowest BCUT2D eigenvalue weighted by atomic mass is 9.69. The summed E-state index contributed by atoms with van der Waals surface area (Å²) in [5.41, 5.74) is -0.106. The summed E-state index contributed by atoms with van der Waals surface area (Å²) >= 11 is 0. The van der Waals surface area contributed by atoms with Gasteiger partial charge in [-0.1, -0.05) is 25.7 Å². The third-order valence-electron chi connectivity index (χ3n) is 6.21. The maximum Gasteiger partial charge on any atom is 0.240 e. The van der Waals surface area contributed by atoms with Gasteiger partial charge in [-0.15, -0.1) is 0 Å². The molecule has 2 saturated carbocycles. The molecule has 0 spiro atoms. The van der Waals surface area contributed by atoms with Gasteiger partial charge in [0.1, 0.15) is 5.54 Å². The maximum atomic E-state index is 13.2. The van der Waals surface area contributed by atoms with Crippen LogP contribution < -0.4 is 5.32 Å². The van der Waals surface area contributed by atoms with E-state index >= 15 is 0 Å². The molecular weight excluding hydrogens is 292 g/mol. The van der Waals surface area contributed by atoms with Crippen molar-refractivity contribution >= 4 is 5.91 Å². The second-order valence-electron chi connectivity index (χ2n) is 7.66. The average Bonchev–Trinajstić information content (AvgIpc) is 2.58. The first-order chi connectivity index (χ1) is 11.2. The van der Waals surface area contributed by atoms with Crippen molar-refractivity contribution in [2.45, 2.75) is 56.9 Å². The fourth-order valence-corrected chi connectivity index (χ4v) is 4.60. The van der Waals surface area contributed by atoms with Gasteiger partial charge in [-0.3, -0.25) is 9.69 Å². The highest BCUT2D eigenvalue weighted by atomic mass is 16.5. The van der Waals surface area contributed by atoms with Crippen molar-refractivity contribution in [2.24, 2.45) is 5.41 Å². The van der Waals surface area contributed by atoms with Crippen LogP contribution in [0, 0.1) is 5.41 Å². The number of hydrogen-bond donors (Lipinski definition) is 1. The first kappa shape index (κ1) is 17.2. The molecule has 0 radical (unpaired) electrons. The summed E-state index contributed by atoms with van der Waals surface area (Å²) in [4.78, 5) is 15.6. The Kier molecular flexibility index (Phi) is 5.60. The van der Waals surface area contributed by atoms with E-state index < -0.39 is 0 Å². The van der Waals surface area contributed by atoms with Gasteiger partial charge in [0.15, 0.2) is 0 Å². The molecule has 3 fully saturated rings. The van der Waals surface area contributed by atoms with Gasteiger partial charge in [-0.25, -0.2) is 0 Å². The van der Waals surface area contributed by atoms with Crippen LogP contribution in [-0.2, 0) is 14.3 Å². The quantitative estimate of drug-likeness (QED) is 0.811. The van der Waals surface area contributed by atoms with Crippen LogP contribution in [0.5, 0.6) is 0 Å². The highest BCUT2D eigenvalue weighted by Gasteiger charge is 2.46. The molecule has 1 heterocycles. The largest absolute Gasteiger partial charge is 0.384 e. The van der Waals surface area contributed by atoms with Crippen molar-refractivity contribution in [3.63, 3.8) is 0 Å². The third kappa shape index (κ3) is 3.57. The van der Waals surface area contributed by atoms with E-state index in [1.807, 2.05) is 0 Å². The highest BCUT2D eigenvalue weighted by molar-refractivity contribution is 5.86. The Morgan fingerprint density at radius 1 is 1.09 bits per heavy atom. The van der Waals surface area contributed by atoms with Crippen molar-refractivity contribution in [1.29, 1.82) is 0 Å². The number of carbonyl (C=O) groups excluding carboxylic acids is 1. The molecule has 0 bridgehead atoms. The number of rotatable bonds is 6. The van der Waals surface area contributed by atoms with Crippen LogP contribution in [0.15, 0.2) is 0 Å². The first-order valence-corrected chi connectivity index (χ1v) is 9.31. The fourth-order valence-electron chi connectivity index (χ4n) is 4.60. The van der Waals surface area contributed by atoms with Gasteiger partial charge in [-0.05, 0) is 25.7 Å². The topological polar surface area (TPSA) is 50.8 Å². The molecule has 3 rings (SSSR count). The molecule has 0 aromatic carbocycles. The highest BCUT2D eigenvalue weighted by Crippen LogP contribution is 2.41. The summed E-state index contributed by atoms with van der Waals surface area (Å²) in [6.45, 7) is 4.81. The van der Waals surface area contributed by atoms with E-state index in [9.17, 15) is 4.79 Å². The number of nitrogens with one attached hydrogen (secondary N) is 1. The monoisotopic (exact) mass is 324 g/mol. The van der Waals surface area contributed by atoms with Gasteiger partial charge in [-0.2, -0.15) is 0 Å². The van der Waals surface area contributed by atoms with Gasteiger partial charge in [0, 0.05) is 32.2 Å². The Morgan fingerprint density at radius 3 is 2.35 bits per heavy atom. The molecule has 0 aromatic rings. The Balaban J connectivity index is 1.65. The number of nitrogens with zero attached hydrogens (tertiary/aromatic N) is 1. The molecule has 1 N–H and O–H groups in total. The number of morpholine rings is 1. The minimum atomic E-state index is -0.292. The number of ether oxygens (including phenoxy) is 2. The zero-order chi connectivity index (χ0) is 16.2. The van der Waals surface area contributed by atoms with Gasteiger partial charge in [0.05, 0.1) is 19.8 Å². The predicted octanol–water partition coefficient (Wildman–Crippen LogP) is 1.95. The lowest BCUT2D eigenvalue weighted by molar-refractivity contribution is -0.141. The van der Waals surface area contributed by atoms with Crippen LogP contribution in [0.1, 0.15) is 51.4 Å². The van der Waals surface area contributed by atoms with Crippen molar-refractivity contribution in [3.8, 4) is 0 Å². The molecular formula is C18H32N2O3. The Hall–Kier alpha value is -0.650. The Labute approximate surface area is 140 Å². The summed E-state index contributed by atoms with van der Waals surface area (Å²) < 4.78 is 10.9. The summed E-state index contributed by atoms with van der Waals surface area (Å²) in [5.74, 6) is 0.251. The summed E-state index contributed by atoms with van der Waals surface area (Å²) in [5, 5.41) is 3.32. The van der Waals surface area contributed by atoms with Crippen molar-refractivity contribution in [2.75, 3.05) is 46.6 Å². The van der Waals surface area contributed by atoms with E-state index in [1.165, 1.54) is 25.7 Å². The number of carbonyl (C=O) groups is 1. The number of amides is 1. The van der Waals surface area contributed by atoms with E-state index in [4.69, 9.17) is 9.47 Å². The van der Waals surface area contributed by atoms with Crippen LogP contribution in [0.2, 0.25) is 0 Å². The van der Waals surface area contributed by atoms with Crippen LogP contribution in [0.25, 0.3) is 0 Å². The molecule has 5 heteroatoms. The van der Waals surface area contributed by atoms with E-state index in [0.717, 1.165) is 65.1 Å². The fraction of sp³-hybridized carbons (Fsp3) is 0.944. The van der Waals surface area contributed by atoms with Crippen molar-refractivity contribution in [3.05, 3.63) is 0 Å². The minimum Gasteiger partial charge on any atom is -0.384 e. The van der Waals surface area contributed by atoms with Gasteiger partial charge < -0.3 is 14.8 Å². The molecule has 2 aliphatic carbocycles. The van der Waals surface area contributed by atoms with Crippen LogP contribution >= 0.6 is 0 Å². The van der Waals surface area contributed by atoms with E-state index in [0.29, 0.717) is 0 Å². The zero-order valence-electron chi connectivity index (χ0n) is 14.6. The molecule has 1 amide bonds. The van der Waals surface area contributed by atoms with Crippen molar-refractivity contribution < 1.29 is 14.3 Å². The maximum absolute atomic E-state index is 13.2. The summed E-state index contributed by atoms with van der Waals surface area (Å²) in [7, 11) is 1.76. The Bertz CT molecular complexity index is 397. The smallest absolute Gasteiger partial charge is 0.240 e. The molecule has 23 heavy (non-hydrogen) atoms. The molecule has 0 atom stereocenters. The van der Waals surface area contributed by atoms with Crippen LogP contribution in [-0.4, -0.2) is 62.9 Å². The van der Waals surface area contributed by atoms with Crippen molar-refractivity contribution in [1.82, 2.24) is 10.2 Å². The van der Waals surface area contributed by atoms with E-state index in [2.05, 4.69) is 10.2 Å². The first-order valence-electron chi connectivity index (χ1n) is 9.31. The molecule has 0 unspecified atom stereocenters. The molecule has 5 nitrogen and oxygen atoms in total. The van der Waals surface area contributed by atoms with E-state index in [-0.39, 0.29) is 16.9 Å². The normalized spacial score (nSPS) is 27.2. The zero-order valence-corrected chi connectivity index (χ0v) is 14.6. The average molecular weight is 324 g/mol. The third-order valence-corrected chi connectivity index (χ3v) is 6.21. The van der Waals surface area contributed by atoms with E-state index in [1.54, 1.807) is 7.11 Å². The molecule has 132 valence electrons. The summed E-state index contributed by atoms with van der Waals surface area (Å²) in [6.07, 6.45) is 9.17.